The first-order valence-corrected chi connectivity index (χ1v) is 8.10. The van der Waals surface area contributed by atoms with Gasteiger partial charge < -0.3 is 25.8 Å². The van der Waals surface area contributed by atoms with Crippen LogP contribution in [0.25, 0.3) is 0 Å². The molecule has 0 saturated carbocycles. The summed E-state index contributed by atoms with van der Waals surface area (Å²) in [5, 5.41) is 5.21. The molecule has 0 radical (unpaired) electrons. The maximum Gasteiger partial charge on any atom is 0.573 e. The second-order valence-corrected chi connectivity index (χ2v) is 7.38. The van der Waals surface area contributed by atoms with Gasteiger partial charge in [-0.3, -0.25) is 4.99 Å². The van der Waals surface area contributed by atoms with Crippen molar-refractivity contribution in [2.45, 2.75) is 52.1 Å². The lowest BCUT2D eigenvalue weighted by Crippen LogP contribution is -2.48. The Kier molecular flexibility index (Phi) is 9.34. The van der Waals surface area contributed by atoms with Gasteiger partial charge in [0.05, 0.1) is 17.8 Å². The summed E-state index contributed by atoms with van der Waals surface area (Å²) in [6, 6.07) is 5.44. The molecule has 1 rings (SSSR count). The Bertz CT molecular complexity index is 689. The van der Waals surface area contributed by atoms with Crippen LogP contribution in [0.5, 0.6) is 5.75 Å². The van der Waals surface area contributed by atoms with E-state index in [1.165, 1.54) is 18.2 Å². The zero-order valence-corrected chi connectivity index (χ0v) is 18.6. The first-order valence-electron chi connectivity index (χ1n) is 8.10. The second kappa shape index (κ2) is 10.0. The van der Waals surface area contributed by atoms with E-state index in [-0.39, 0.29) is 42.2 Å². The lowest BCUT2D eigenvalue weighted by molar-refractivity contribution is -0.274. The van der Waals surface area contributed by atoms with Gasteiger partial charge in [-0.25, -0.2) is 4.79 Å². The minimum Gasteiger partial charge on any atom is -0.444 e. The number of hydrogen-bond acceptors (Lipinski definition) is 4. The summed E-state index contributed by atoms with van der Waals surface area (Å²) in [5.74, 6) is -0.568. The van der Waals surface area contributed by atoms with E-state index < -0.39 is 29.3 Å². The number of para-hydroxylation sites is 2. The molecule has 1 aromatic carbocycles. The van der Waals surface area contributed by atoms with Crippen LogP contribution in [0.2, 0.25) is 0 Å². The molecule has 1 aromatic rings. The summed E-state index contributed by atoms with van der Waals surface area (Å²) < 4.78 is 46.4. The van der Waals surface area contributed by atoms with Crippen molar-refractivity contribution in [2.75, 3.05) is 11.9 Å². The summed E-state index contributed by atoms with van der Waals surface area (Å²) in [4.78, 5) is 15.9. The van der Waals surface area contributed by atoms with Crippen molar-refractivity contribution in [3.8, 4) is 5.75 Å². The molecule has 0 aromatic heterocycles. The van der Waals surface area contributed by atoms with Crippen molar-refractivity contribution >= 4 is 41.7 Å². The minimum atomic E-state index is -4.83. The van der Waals surface area contributed by atoms with Gasteiger partial charge in [0.15, 0.2) is 11.7 Å². The number of halogens is 4. The largest absolute Gasteiger partial charge is 0.573 e. The number of carbonyl (C=O) groups excluding carboxylic acids is 1. The molecular formula is C17H26F3IN4O3. The molecular weight excluding hydrogens is 492 g/mol. The molecule has 160 valence electrons. The molecule has 0 fully saturated rings. The lowest BCUT2D eigenvalue weighted by Gasteiger charge is -2.27. The van der Waals surface area contributed by atoms with Crippen LogP contribution >= 0.6 is 24.0 Å². The Morgan fingerprint density at radius 2 is 1.71 bits per heavy atom. The van der Waals surface area contributed by atoms with Crippen molar-refractivity contribution in [3.63, 3.8) is 0 Å². The summed E-state index contributed by atoms with van der Waals surface area (Å²) in [5.41, 5.74) is 4.30. The van der Waals surface area contributed by atoms with Crippen LogP contribution in [0.1, 0.15) is 34.6 Å². The van der Waals surface area contributed by atoms with Gasteiger partial charge in [0.25, 0.3) is 0 Å². The predicted octanol–water partition coefficient (Wildman–Crippen LogP) is 4.23. The molecule has 0 aliphatic heterocycles. The third-order valence-electron chi connectivity index (χ3n) is 2.86. The van der Waals surface area contributed by atoms with E-state index in [0.717, 1.165) is 6.07 Å². The minimum absolute atomic E-state index is 0. The van der Waals surface area contributed by atoms with Crippen LogP contribution in [0.15, 0.2) is 29.3 Å². The third-order valence-corrected chi connectivity index (χ3v) is 2.86. The zero-order valence-electron chi connectivity index (χ0n) is 16.3. The summed E-state index contributed by atoms with van der Waals surface area (Å²) in [6.45, 7) is 8.68. The number of rotatable bonds is 5. The van der Waals surface area contributed by atoms with E-state index in [0.29, 0.717) is 0 Å². The number of alkyl halides is 3. The summed E-state index contributed by atoms with van der Waals surface area (Å²) in [7, 11) is 0. The van der Waals surface area contributed by atoms with Crippen LogP contribution in [-0.2, 0) is 4.74 Å². The van der Waals surface area contributed by atoms with Crippen molar-refractivity contribution < 1.29 is 27.4 Å². The van der Waals surface area contributed by atoms with Crippen LogP contribution in [0.4, 0.5) is 23.7 Å². The number of hydrogen-bond donors (Lipinski definition) is 3. The first kappa shape index (κ1) is 26.1. The van der Waals surface area contributed by atoms with E-state index >= 15 is 0 Å². The average molecular weight is 518 g/mol. The molecule has 28 heavy (non-hydrogen) atoms. The number of alkyl carbamates (subject to hydrolysis) is 1. The first-order chi connectivity index (χ1) is 12.2. The SMILES string of the molecule is CC(C)(CN=C(N)Nc1ccccc1OC(F)(F)F)NC(=O)OC(C)(C)C.I. The summed E-state index contributed by atoms with van der Waals surface area (Å²) >= 11 is 0. The Morgan fingerprint density at radius 1 is 1.14 bits per heavy atom. The highest BCUT2D eigenvalue weighted by molar-refractivity contribution is 14.0. The molecule has 0 heterocycles. The topological polar surface area (TPSA) is 98.0 Å². The van der Waals surface area contributed by atoms with Crippen molar-refractivity contribution in [3.05, 3.63) is 24.3 Å². The Hall–Kier alpha value is -1.92. The smallest absolute Gasteiger partial charge is 0.444 e. The molecule has 0 atom stereocenters. The number of ether oxygens (including phenoxy) is 2. The van der Waals surface area contributed by atoms with Crippen LogP contribution in [0, 0.1) is 0 Å². The third kappa shape index (κ3) is 11.0. The maximum absolute atomic E-state index is 12.4. The predicted molar refractivity (Wildman–Crippen MR) is 112 cm³/mol. The standard InChI is InChI=1S/C17H25F3N4O3.HI/c1-15(2,3)27-14(25)24-16(4,5)10-22-13(21)23-11-8-6-7-9-12(11)26-17(18,19)20;/h6-9H,10H2,1-5H3,(H,24,25)(H3,21,22,23);1H. The summed E-state index contributed by atoms with van der Waals surface area (Å²) in [6.07, 6.45) is -5.44. The van der Waals surface area contributed by atoms with Gasteiger partial charge in [-0.2, -0.15) is 0 Å². The number of anilines is 1. The molecule has 0 aliphatic rings. The molecule has 0 saturated heterocycles. The van der Waals surface area contributed by atoms with E-state index in [4.69, 9.17) is 10.5 Å². The molecule has 0 spiro atoms. The molecule has 11 heteroatoms. The number of nitrogens with one attached hydrogen (secondary N) is 2. The monoisotopic (exact) mass is 518 g/mol. The highest BCUT2D eigenvalue weighted by Crippen LogP contribution is 2.29. The second-order valence-electron chi connectivity index (χ2n) is 7.38. The average Bonchev–Trinajstić information content (AvgIpc) is 2.43. The van der Waals surface area contributed by atoms with Gasteiger partial charge >= 0.3 is 12.5 Å². The normalized spacial score (nSPS) is 12.6. The Labute approximate surface area is 179 Å². The number of nitrogens with zero attached hydrogens (tertiary/aromatic N) is 1. The van der Waals surface area contributed by atoms with E-state index in [9.17, 15) is 18.0 Å². The molecule has 0 aliphatic carbocycles. The highest BCUT2D eigenvalue weighted by atomic mass is 127. The fourth-order valence-electron chi connectivity index (χ4n) is 1.86. The number of guanidine groups is 1. The number of carbonyl (C=O) groups is 1. The van der Waals surface area contributed by atoms with Crippen LogP contribution < -0.4 is 21.1 Å². The molecule has 0 unspecified atom stereocenters. The van der Waals surface area contributed by atoms with Crippen LogP contribution in [-0.4, -0.2) is 36.1 Å². The van der Waals surface area contributed by atoms with Gasteiger partial charge in [-0.05, 0) is 46.8 Å². The Balaban J connectivity index is 0.00000729. The molecule has 1 amide bonds. The number of benzene rings is 1. The maximum atomic E-state index is 12.4. The number of aliphatic imine (C=N–C) groups is 1. The fraction of sp³-hybridized carbons (Fsp3) is 0.529. The van der Waals surface area contributed by atoms with Gasteiger partial charge in [-0.15, -0.1) is 37.1 Å². The molecule has 0 bridgehead atoms. The zero-order chi connectivity index (χ0) is 20.9. The lowest BCUT2D eigenvalue weighted by atomic mass is 10.1. The van der Waals surface area contributed by atoms with Gasteiger partial charge in [0, 0.05) is 0 Å². The van der Waals surface area contributed by atoms with Crippen molar-refractivity contribution in [1.29, 1.82) is 0 Å². The van der Waals surface area contributed by atoms with E-state index in [1.54, 1.807) is 34.6 Å². The Morgan fingerprint density at radius 3 is 2.25 bits per heavy atom. The van der Waals surface area contributed by atoms with E-state index in [2.05, 4.69) is 20.4 Å². The highest BCUT2D eigenvalue weighted by Gasteiger charge is 2.32. The molecule has 4 N–H and O–H groups in total. The van der Waals surface area contributed by atoms with Gasteiger partial charge in [-0.1, -0.05) is 12.1 Å². The fourth-order valence-corrected chi connectivity index (χ4v) is 1.86. The quantitative estimate of drug-likeness (QED) is 0.308. The van der Waals surface area contributed by atoms with Gasteiger partial charge in [0.2, 0.25) is 0 Å². The number of nitrogens with two attached hydrogens (primary N) is 1. The van der Waals surface area contributed by atoms with E-state index in [1.807, 2.05) is 0 Å². The van der Waals surface area contributed by atoms with Crippen LogP contribution in [0.3, 0.4) is 0 Å². The van der Waals surface area contributed by atoms with Crippen molar-refractivity contribution in [1.82, 2.24) is 5.32 Å². The number of amides is 1. The van der Waals surface area contributed by atoms with Gasteiger partial charge in [0.1, 0.15) is 5.60 Å². The molecule has 7 nitrogen and oxygen atoms in total. The van der Waals surface area contributed by atoms with Crippen molar-refractivity contribution in [2.24, 2.45) is 10.7 Å².